The average molecular weight is 198 g/mol. The first kappa shape index (κ1) is 10.8. The third-order valence-corrected chi connectivity index (χ3v) is 1.84. The van der Waals surface area contributed by atoms with E-state index in [-0.39, 0.29) is 0 Å². The second-order valence-corrected chi connectivity index (χ2v) is 3.54. The van der Waals surface area contributed by atoms with Crippen LogP contribution in [0.3, 0.4) is 0 Å². The minimum Gasteiger partial charge on any atom is -0.294 e. The van der Waals surface area contributed by atoms with Crippen LogP contribution < -0.4 is 0 Å². The lowest BCUT2D eigenvalue weighted by molar-refractivity contribution is 0.0156. The molecule has 0 spiro atoms. The summed E-state index contributed by atoms with van der Waals surface area (Å²) < 4.78 is 25.0. The van der Waals surface area contributed by atoms with E-state index in [4.69, 9.17) is 0 Å². The second-order valence-electron chi connectivity index (χ2n) is 3.54. The Labute approximate surface area is 81.7 Å². The number of Topliss-reactive ketones (excluding diaryl/α,β-unsaturated/α-hetero) is 1. The molecule has 0 fully saturated rings. The number of benzene rings is 1. The van der Waals surface area contributed by atoms with E-state index in [0.29, 0.717) is 5.56 Å². The minimum atomic E-state index is -2.93. The Morgan fingerprint density at radius 1 is 1.29 bits per heavy atom. The van der Waals surface area contributed by atoms with Crippen LogP contribution in [-0.2, 0) is 0 Å². The molecule has 0 radical (unpaired) electrons. The fourth-order valence-electron chi connectivity index (χ4n) is 1.12. The fraction of sp³-hybridized carbons (Fsp3) is 0.364. The predicted octanol–water partition coefficient (Wildman–Crippen LogP) is 3.22. The van der Waals surface area contributed by atoms with Crippen LogP contribution in [0.2, 0.25) is 0 Å². The summed E-state index contributed by atoms with van der Waals surface area (Å²) >= 11 is 0. The van der Waals surface area contributed by atoms with Gasteiger partial charge >= 0.3 is 0 Å². The Morgan fingerprint density at radius 2 is 1.79 bits per heavy atom. The number of rotatable bonds is 3. The van der Waals surface area contributed by atoms with Gasteiger partial charge in [0.05, 0.1) is 6.42 Å². The van der Waals surface area contributed by atoms with Crippen molar-refractivity contribution in [1.29, 1.82) is 0 Å². The molecule has 0 saturated carbocycles. The van der Waals surface area contributed by atoms with Crippen molar-refractivity contribution >= 4 is 5.78 Å². The number of ketones is 1. The molecule has 1 nitrogen and oxygen atoms in total. The average Bonchev–Trinajstić information content (AvgIpc) is 2.02. The van der Waals surface area contributed by atoms with Gasteiger partial charge in [0, 0.05) is 5.56 Å². The SMILES string of the molecule is Cc1ccc(C(=O)CC(C)(F)F)cc1. The van der Waals surface area contributed by atoms with E-state index in [2.05, 4.69) is 0 Å². The Bertz CT molecular complexity index is 322. The molecule has 0 unspecified atom stereocenters. The van der Waals surface area contributed by atoms with Crippen molar-refractivity contribution in [2.24, 2.45) is 0 Å². The van der Waals surface area contributed by atoms with Crippen molar-refractivity contribution < 1.29 is 13.6 Å². The first-order valence-corrected chi connectivity index (χ1v) is 4.36. The Balaban J connectivity index is 2.76. The number of carbonyl (C=O) groups is 1. The molecule has 0 heterocycles. The molecule has 0 aromatic heterocycles. The van der Waals surface area contributed by atoms with E-state index < -0.39 is 18.1 Å². The van der Waals surface area contributed by atoms with Crippen molar-refractivity contribution in [3.05, 3.63) is 35.4 Å². The van der Waals surface area contributed by atoms with Crippen molar-refractivity contribution in [3.8, 4) is 0 Å². The van der Waals surface area contributed by atoms with E-state index in [0.717, 1.165) is 12.5 Å². The Kier molecular flexibility index (Phi) is 2.99. The molecule has 14 heavy (non-hydrogen) atoms. The zero-order valence-electron chi connectivity index (χ0n) is 8.18. The number of hydrogen-bond donors (Lipinski definition) is 0. The van der Waals surface area contributed by atoms with Crippen molar-refractivity contribution in [2.45, 2.75) is 26.2 Å². The highest BCUT2D eigenvalue weighted by atomic mass is 19.3. The van der Waals surface area contributed by atoms with Gasteiger partial charge in [-0.2, -0.15) is 0 Å². The number of carbonyl (C=O) groups excluding carboxylic acids is 1. The quantitative estimate of drug-likeness (QED) is 0.681. The summed E-state index contributed by atoms with van der Waals surface area (Å²) in [7, 11) is 0. The maximum atomic E-state index is 12.5. The van der Waals surface area contributed by atoms with E-state index in [1.54, 1.807) is 24.3 Å². The fourth-order valence-corrected chi connectivity index (χ4v) is 1.12. The summed E-state index contributed by atoms with van der Waals surface area (Å²) in [5, 5.41) is 0. The van der Waals surface area contributed by atoms with Crippen LogP contribution in [0.25, 0.3) is 0 Å². The molecule has 0 aliphatic rings. The Hall–Kier alpha value is -1.25. The molecular formula is C11H12F2O. The van der Waals surface area contributed by atoms with Gasteiger partial charge in [0.25, 0.3) is 5.92 Å². The summed E-state index contributed by atoms with van der Waals surface area (Å²) in [5.41, 5.74) is 1.35. The molecule has 0 bridgehead atoms. The first-order valence-electron chi connectivity index (χ1n) is 4.36. The van der Waals surface area contributed by atoms with E-state index in [1.165, 1.54) is 0 Å². The van der Waals surface area contributed by atoms with Crippen LogP contribution in [0.4, 0.5) is 8.78 Å². The molecule has 3 heteroatoms. The van der Waals surface area contributed by atoms with Crippen LogP contribution in [0.1, 0.15) is 29.3 Å². The largest absolute Gasteiger partial charge is 0.294 e. The molecule has 0 N–H and O–H groups in total. The molecule has 1 rings (SSSR count). The summed E-state index contributed by atoms with van der Waals surface area (Å²) in [4.78, 5) is 11.3. The summed E-state index contributed by atoms with van der Waals surface area (Å²) in [6.07, 6.45) is -0.726. The molecule has 1 aromatic rings. The summed E-state index contributed by atoms with van der Waals surface area (Å²) in [6.45, 7) is 2.63. The third kappa shape index (κ3) is 3.24. The number of alkyl halides is 2. The molecular weight excluding hydrogens is 186 g/mol. The first-order chi connectivity index (χ1) is 6.38. The van der Waals surface area contributed by atoms with Crippen LogP contribution in [0.15, 0.2) is 24.3 Å². The molecule has 76 valence electrons. The van der Waals surface area contributed by atoms with Gasteiger partial charge in [-0.1, -0.05) is 29.8 Å². The molecule has 0 saturated heterocycles. The van der Waals surface area contributed by atoms with Crippen molar-refractivity contribution in [1.82, 2.24) is 0 Å². The zero-order chi connectivity index (χ0) is 10.8. The van der Waals surface area contributed by atoms with Crippen LogP contribution in [0.5, 0.6) is 0 Å². The smallest absolute Gasteiger partial charge is 0.252 e. The lowest BCUT2D eigenvalue weighted by atomic mass is 10.0. The van der Waals surface area contributed by atoms with Gasteiger partial charge in [0.1, 0.15) is 0 Å². The monoisotopic (exact) mass is 198 g/mol. The van der Waals surface area contributed by atoms with Crippen molar-refractivity contribution in [3.63, 3.8) is 0 Å². The number of aryl methyl sites for hydroxylation is 1. The number of halogens is 2. The van der Waals surface area contributed by atoms with Crippen LogP contribution in [0, 0.1) is 6.92 Å². The second kappa shape index (κ2) is 3.86. The zero-order valence-corrected chi connectivity index (χ0v) is 8.18. The highest BCUT2D eigenvalue weighted by Gasteiger charge is 2.25. The molecule has 0 atom stereocenters. The van der Waals surface area contributed by atoms with E-state index in [9.17, 15) is 13.6 Å². The molecule has 0 amide bonds. The van der Waals surface area contributed by atoms with Crippen LogP contribution in [-0.4, -0.2) is 11.7 Å². The highest BCUT2D eigenvalue weighted by molar-refractivity contribution is 5.96. The normalized spacial score (nSPS) is 11.4. The minimum absolute atomic E-state index is 0.345. The molecule has 0 aliphatic heterocycles. The van der Waals surface area contributed by atoms with Crippen LogP contribution >= 0.6 is 0 Å². The van der Waals surface area contributed by atoms with E-state index >= 15 is 0 Å². The maximum Gasteiger partial charge on any atom is 0.252 e. The lowest BCUT2D eigenvalue weighted by Gasteiger charge is -2.08. The van der Waals surface area contributed by atoms with Gasteiger partial charge in [0.2, 0.25) is 0 Å². The highest BCUT2D eigenvalue weighted by Crippen LogP contribution is 2.19. The topological polar surface area (TPSA) is 17.1 Å². The lowest BCUT2D eigenvalue weighted by Crippen LogP contribution is -2.16. The van der Waals surface area contributed by atoms with Gasteiger partial charge in [0.15, 0.2) is 5.78 Å². The predicted molar refractivity (Wildman–Crippen MR) is 50.7 cm³/mol. The summed E-state index contributed by atoms with van der Waals surface area (Å²) in [5.74, 6) is -3.44. The molecule has 0 aliphatic carbocycles. The van der Waals surface area contributed by atoms with Gasteiger partial charge in [-0.25, -0.2) is 8.78 Å². The van der Waals surface area contributed by atoms with Gasteiger partial charge in [-0.05, 0) is 13.8 Å². The van der Waals surface area contributed by atoms with E-state index in [1.807, 2.05) is 6.92 Å². The number of hydrogen-bond acceptors (Lipinski definition) is 1. The maximum absolute atomic E-state index is 12.5. The standard InChI is InChI=1S/C11H12F2O/c1-8-3-5-9(6-4-8)10(14)7-11(2,12)13/h3-6H,7H2,1-2H3. The van der Waals surface area contributed by atoms with Crippen molar-refractivity contribution in [2.75, 3.05) is 0 Å². The molecule has 1 aromatic carbocycles. The van der Waals surface area contributed by atoms with Gasteiger partial charge < -0.3 is 0 Å². The van der Waals surface area contributed by atoms with Gasteiger partial charge in [-0.3, -0.25) is 4.79 Å². The Morgan fingerprint density at radius 3 is 2.21 bits per heavy atom. The van der Waals surface area contributed by atoms with Gasteiger partial charge in [-0.15, -0.1) is 0 Å². The summed E-state index contributed by atoms with van der Waals surface area (Å²) in [6, 6.07) is 6.62. The third-order valence-electron chi connectivity index (χ3n) is 1.84.